The van der Waals surface area contributed by atoms with Gasteiger partial charge in [0.15, 0.2) is 0 Å². The highest BCUT2D eigenvalue weighted by atomic mass is 32.1. The third-order valence-corrected chi connectivity index (χ3v) is 8.80. The van der Waals surface area contributed by atoms with Crippen molar-refractivity contribution in [2.45, 2.75) is 13.8 Å². The molecule has 0 radical (unpaired) electrons. The molecule has 0 N–H and O–H groups in total. The van der Waals surface area contributed by atoms with Crippen LogP contribution in [-0.4, -0.2) is 23.9 Å². The van der Waals surface area contributed by atoms with Crippen LogP contribution in [0.5, 0.6) is 0 Å². The Morgan fingerprint density at radius 1 is 0.545 bits per heavy atom. The number of hydrogen-bond acceptors (Lipinski definition) is 2. The topological polar surface area (TPSA) is 20.3 Å². The molecule has 220 valence electrons. The molecule has 5 aromatic carbocycles. The standard InChI is InChI=1S/C37H27F4NOS/c1-3-42(4-2)37(43)36-35-30(21-44-36)31(22-5-13-26(38)14-6-22)32(23-7-15-27(39)16-8-23)33(24-9-17-28(40)18-10-24)34(35)25-11-19-29(41)20-12-25/h5-21H,3-4H2,1-2H3. The first-order valence-electron chi connectivity index (χ1n) is 14.2. The van der Waals surface area contributed by atoms with E-state index >= 15 is 0 Å². The summed E-state index contributed by atoms with van der Waals surface area (Å²) in [5.41, 5.74) is 5.36. The van der Waals surface area contributed by atoms with Crippen molar-refractivity contribution in [3.05, 3.63) is 131 Å². The minimum Gasteiger partial charge on any atom is -0.338 e. The summed E-state index contributed by atoms with van der Waals surface area (Å²) in [5, 5.41) is 3.31. The maximum Gasteiger partial charge on any atom is 0.264 e. The number of amides is 1. The fraction of sp³-hybridized carbons (Fsp3) is 0.108. The van der Waals surface area contributed by atoms with E-state index in [1.54, 1.807) is 53.4 Å². The molecule has 0 aliphatic carbocycles. The molecular weight excluding hydrogens is 582 g/mol. The summed E-state index contributed by atoms with van der Waals surface area (Å²) < 4.78 is 57.0. The van der Waals surface area contributed by atoms with Gasteiger partial charge >= 0.3 is 0 Å². The van der Waals surface area contributed by atoms with Crippen LogP contribution in [0.2, 0.25) is 0 Å². The minimum absolute atomic E-state index is 0.150. The van der Waals surface area contributed by atoms with Crippen LogP contribution >= 0.6 is 11.3 Å². The van der Waals surface area contributed by atoms with Crippen molar-refractivity contribution in [2.75, 3.05) is 13.1 Å². The van der Waals surface area contributed by atoms with Crippen molar-refractivity contribution in [1.82, 2.24) is 4.90 Å². The van der Waals surface area contributed by atoms with Crippen molar-refractivity contribution in [1.29, 1.82) is 0 Å². The predicted molar refractivity (Wildman–Crippen MR) is 171 cm³/mol. The third kappa shape index (κ3) is 5.28. The minimum atomic E-state index is -0.423. The SMILES string of the molecule is CCN(CC)C(=O)c1scc2c(-c3ccc(F)cc3)c(-c3ccc(F)cc3)c(-c3ccc(F)cc3)c(-c3ccc(F)cc3)c12. The Hall–Kier alpha value is -4.75. The van der Waals surface area contributed by atoms with Crippen molar-refractivity contribution >= 4 is 28.0 Å². The number of halogens is 4. The Labute approximate surface area is 256 Å². The van der Waals surface area contributed by atoms with E-state index < -0.39 is 23.3 Å². The largest absolute Gasteiger partial charge is 0.338 e. The molecule has 7 heteroatoms. The van der Waals surface area contributed by atoms with Gasteiger partial charge in [0.1, 0.15) is 28.1 Å². The summed E-state index contributed by atoms with van der Waals surface area (Å²) in [6.45, 7) is 4.84. The lowest BCUT2D eigenvalue weighted by molar-refractivity contribution is 0.0779. The first-order chi connectivity index (χ1) is 21.3. The maximum absolute atomic E-state index is 14.3. The number of nitrogens with zero attached hydrogens (tertiary/aromatic N) is 1. The van der Waals surface area contributed by atoms with Gasteiger partial charge in [-0.3, -0.25) is 4.79 Å². The third-order valence-electron chi connectivity index (χ3n) is 7.84. The molecule has 0 fully saturated rings. The quantitative estimate of drug-likeness (QED) is 0.165. The van der Waals surface area contributed by atoms with Gasteiger partial charge in [-0.2, -0.15) is 0 Å². The van der Waals surface area contributed by atoms with Crippen LogP contribution < -0.4 is 0 Å². The van der Waals surface area contributed by atoms with Gasteiger partial charge in [-0.1, -0.05) is 48.5 Å². The normalized spacial score (nSPS) is 11.2. The smallest absolute Gasteiger partial charge is 0.264 e. The van der Waals surface area contributed by atoms with E-state index in [2.05, 4.69) is 0 Å². The highest BCUT2D eigenvalue weighted by Crippen LogP contribution is 2.53. The van der Waals surface area contributed by atoms with Gasteiger partial charge in [-0.15, -0.1) is 11.3 Å². The molecule has 6 rings (SSSR count). The van der Waals surface area contributed by atoms with E-state index in [0.29, 0.717) is 67.9 Å². The van der Waals surface area contributed by atoms with Crippen molar-refractivity contribution < 1.29 is 22.4 Å². The molecule has 2 nitrogen and oxygen atoms in total. The molecule has 0 unspecified atom stereocenters. The first kappa shape index (κ1) is 29.3. The zero-order valence-electron chi connectivity index (χ0n) is 24.0. The van der Waals surface area contributed by atoms with E-state index in [4.69, 9.17) is 0 Å². The summed E-state index contributed by atoms with van der Waals surface area (Å²) in [5.74, 6) is -1.81. The molecule has 0 aliphatic rings. The van der Waals surface area contributed by atoms with Crippen LogP contribution in [0.3, 0.4) is 0 Å². The van der Waals surface area contributed by atoms with Gasteiger partial charge in [-0.05, 0) is 107 Å². The fourth-order valence-electron chi connectivity index (χ4n) is 5.74. The average molecular weight is 610 g/mol. The molecule has 0 atom stereocenters. The lowest BCUT2D eigenvalue weighted by Crippen LogP contribution is -2.30. The van der Waals surface area contributed by atoms with Crippen molar-refractivity contribution in [3.8, 4) is 44.5 Å². The van der Waals surface area contributed by atoms with E-state index in [1.807, 2.05) is 19.2 Å². The average Bonchev–Trinajstić information content (AvgIpc) is 3.47. The Kier molecular flexibility index (Phi) is 8.06. The van der Waals surface area contributed by atoms with E-state index in [1.165, 1.54) is 59.9 Å². The van der Waals surface area contributed by atoms with Gasteiger partial charge < -0.3 is 4.90 Å². The lowest BCUT2D eigenvalue weighted by Gasteiger charge is -2.24. The molecule has 0 saturated heterocycles. The molecule has 1 heterocycles. The second-order valence-corrected chi connectivity index (χ2v) is 11.2. The van der Waals surface area contributed by atoms with Gasteiger partial charge in [0, 0.05) is 29.2 Å². The highest BCUT2D eigenvalue weighted by molar-refractivity contribution is 7.14. The Balaban J connectivity index is 1.88. The van der Waals surface area contributed by atoms with Gasteiger partial charge in [-0.25, -0.2) is 17.6 Å². The summed E-state index contributed by atoms with van der Waals surface area (Å²) in [6.07, 6.45) is 0. The van der Waals surface area contributed by atoms with Crippen LogP contribution in [0.4, 0.5) is 17.6 Å². The Morgan fingerprint density at radius 3 is 1.27 bits per heavy atom. The van der Waals surface area contributed by atoms with Gasteiger partial charge in [0.2, 0.25) is 0 Å². The summed E-state index contributed by atoms with van der Waals surface area (Å²) in [6, 6.07) is 24.2. The second kappa shape index (κ2) is 12.1. The van der Waals surface area contributed by atoms with Crippen LogP contribution in [0, 0.1) is 23.3 Å². The van der Waals surface area contributed by atoms with Crippen LogP contribution in [0.15, 0.2) is 102 Å². The van der Waals surface area contributed by atoms with Crippen molar-refractivity contribution in [3.63, 3.8) is 0 Å². The summed E-state index contributed by atoms with van der Waals surface area (Å²) >= 11 is 1.31. The monoisotopic (exact) mass is 609 g/mol. The number of carbonyl (C=O) groups is 1. The van der Waals surface area contributed by atoms with Crippen LogP contribution in [-0.2, 0) is 0 Å². The van der Waals surface area contributed by atoms with Crippen LogP contribution in [0.25, 0.3) is 55.3 Å². The van der Waals surface area contributed by atoms with Gasteiger partial charge in [0.25, 0.3) is 5.91 Å². The first-order valence-corrected chi connectivity index (χ1v) is 15.1. The Bertz CT molecular complexity index is 1960. The predicted octanol–water partition coefficient (Wildman–Crippen LogP) is 10.6. The molecule has 0 aliphatic heterocycles. The molecule has 6 aromatic rings. The lowest BCUT2D eigenvalue weighted by atomic mass is 9.79. The summed E-state index contributed by atoms with van der Waals surface area (Å²) in [4.78, 5) is 16.3. The summed E-state index contributed by atoms with van der Waals surface area (Å²) in [7, 11) is 0. The van der Waals surface area contributed by atoms with E-state index in [0.717, 1.165) is 5.39 Å². The molecule has 44 heavy (non-hydrogen) atoms. The molecule has 1 amide bonds. The molecule has 1 aromatic heterocycles. The number of benzene rings is 5. The molecule has 0 bridgehead atoms. The zero-order valence-corrected chi connectivity index (χ0v) is 24.8. The zero-order chi connectivity index (χ0) is 31.0. The molecular formula is C37H27F4NOS. The van der Waals surface area contributed by atoms with Crippen molar-refractivity contribution in [2.24, 2.45) is 0 Å². The molecule has 0 spiro atoms. The second-order valence-electron chi connectivity index (χ2n) is 10.4. The number of thiophene rings is 1. The van der Waals surface area contributed by atoms with Crippen LogP contribution in [0.1, 0.15) is 23.5 Å². The number of fused-ring (bicyclic) bond motifs is 1. The Morgan fingerprint density at radius 2 is 0.886 bits per heavy atom. The maximum atomic E-state index is 14.3. The van der Waals surface area contributed by atoms with E-state index in [-0.39, 0.29) is 5.91 Å². The molecule has 0 saturated carbocycles. The van der Waals surface area contributed by atoms with E-state index in [9.17, 15) is 22.4 Å². The fourth-order valence-corrected chi connectivity index (χ4v) is 6.77. The number of carbonyl (C=O) groups excluding carboxylic acids is 1. The van der Waals surface area contributed by atoms with Gasteiger partial charge in [0.05, 0.1) is 0 Å². The number of hydrogen-bond donors (Lipinski definition) is 0. The highest BCUT2D eigenvalue weighted by Gasteiger charge is 2.29. The number of rotatable bonds is 7.